The Labute approximate surface area is 106 Å². The van der Waals surface area contributed by atoms with E-state index in [2.05, 4.69) is 16.8 Å². The Kier molecular flexibility index (Phi) is 5.85. The number of amides is 1. The molecule has 0 aliphatic rings. The number of likely N-dealkylation sites (N-methyl/N-ethyl adjacent to an activating group) is 1. The second-order valence-electron chi connectivity index (χ2n) is 3.69. The number of carbonyl (C=O) groups excluding carboxylic acids is 1. The lowest BCUT2D eigenvalue weighted by atomic mass is 10.2. The topological polar surface area (TPSA) is 73.7 Å². The molecule has 5 nitrogen and oxygen atoms in total. The van der Waals surface area contributed by atoms with Crippen molar-refractivity contribution in [2.24, 2.45) is 0 Å². The van der Waals surface area contributed by atoms with Crippen LogP contribution in [0.4, 0.5) is 0 Å². The van der Waals surface area contributed by atoms with Crippen molar-refractivity contribution in [3.05, 3.63) is 29.6 Å². The summed E-state index contributed by atoms with van der Waals surface area (Å²) in [7, 11) is 1.61. The highest BCUT2D eigenvalue weighted by atomic mass is 16.3. The van der Waals surface area contributed by atoms with Crippen molar-refractivity contribution < 1.29 is 15.0 Å². The fourth-order valence-corrected chi connectivity index (χ4v) is 1.32. The predicted octanol–water partition coefficient (Wildman–Crippen LogP) is -0.120. The fraction of sp³-hybridized carbons (Fsp3) is 0.385. The number of hydrogen-bond donors (Lipinski definition) is 2. The van der Waals surface area contributed by atoms with E-state index < -0.39 is 0 Å². The number of aliphatic hydroxyl groups is 2. The Morgan fingerprint density at radius 2 is 2.17 bits per heavy atom. The summed E-state index contributed by atoms with van der Waals surface area (Å²) in [5.41, 5.74) is 1.06. The van der Waals surface area contributed by atoms with Gasteiger partial charge < -0.3 is 15.1 Å². The first-order valence-corrected chi connectivity index (χ1v) is 5.60. The molecule has 5 heteroatoms. The molecule has 0 saturated heterocycles. The highest BCUT2D eigenvalue weighted by Gasteiger charge is 2.11. The first-order valence-electron chi connectivity index (χ1n) is 5.60. The summed E-state index contributed by atoms with van der Waals surface area (Å²) in [5.74, 6) is 5.38. The average molecular weight is 248 g/mol. The van der Waals surface area contributed by atoms with Gasteiger partial charge in [0.25, 0.3) is 5.91 Å². The third kappa shape index (κ3) is 4.17. The Balaban J connectivity index is 2.82. The van der Waals surface area contributed by atoms with Gasteiger partial charge in [-0.25, -0.2) is 0 Å². The summed E-state index contributed by atoms with van der Waals surface area (Å²) in [6.07, 6.45) is 3.42. The molecule has 0 saturated carbocycles. The quantitative estimate of drug-likeness (QED) is 0.729. The molecule has 1 aromatic heterocycles. The number of pyridine rings is 1. The van der Waals surface area contributed by atoms with E-state index >= 15 is 0 Å². The van der Waals surface area contributed by atoms with Gasteiger partial charge in [-0.1, -0.05) is 11.8 Å². The van der Waals surface area contributed by atoms with Crippen molar-refractivity contribution in [2.45, 2.75) is 6.42 Å². The molecule has 0 atom stereocenters. The number of aromatic nitrogens is 1. The van der Waals surface area contributed by atoms with Crippen LogP contribution in [0, 0.1) is 11.8 Å². The maximum atomic E-state index is 11.9. The lowest BCUT2D eigenvalue weighted by Gasteiger charge is -2.15. The van der Waals surface area contributed by atoms with Crippen LogP contribution >= 0.6 is 0 Å². The first-order chi connectivity index (χ1) is 8.69. The van der Waals surface area contributed by atoms with E-state index in [1.165, 1.54) is 11.1 Å². The van der Waals surface area contributed by atoms with Gasteiger partial charge in [-0.05, 0) is 6.07 Å². The zero-order valence-electron chi connectivity index (χ0n) is 10.3. The largest absolute Gasteiger partial charge is 0.395 e. The minimum atomic E-state index is -0.206. The maximum Gasteiger partial charge on any atom is 0.255 e. The van der Waals surface area contributed by atoms with E-state index in [1.54, 1.807) is 19.3 Å². The minimum absolute atomic E-state index is 0.0122. The highest BCUT2D eigenvalue weighted by Crippen LogP contribution is 2.04. The van der Waals surface area contributed by atoms with Gasteiger partial charge in [0.2, 0.25) is 0 Å². The summed E-state index contributed by atoms with van der Waals surface area (Å²) < 4.78 is 0. The monoisotopic (exact) mass is 248 g/mol. The standard InChI is InChI=1S/C13H16N2O3/c1-15(5-7-17)13(18)12-8-11(9-14-10-12)4-2-3-6-16/h8-10,16-17H,3,5-7H2,1H3. The molecule has 0 aromatic carbocycles. The number of aliphatic hydroxyl groups excluding tert-OH is 2. The van der Waals surface area contributed by atoms with Crippen molar-refractivity contribution in [1.82, 2.24) is 9.88 Å². The molecule has 0 spiro atoms. The van der Waals surface area contributed by atoms with Crippen LogP contribution in [-0.4, -0.2) is 52.8 Å². The Morgan fingerprint density at radius 1 is 1.39 bits per heavy atom. The number of rotatable bonds is 4. The smallest absolute Gasteiger partial charge is 0.255 e. The van der Waals surface area contributed by atoms with Crippen LogP contribution in [0.15, 0.2) is 18.5 Å². The van der Waals surface area contributed by atoms with Crippen molar-refractivity contribution in [3.63, 3.8) is 0 Å². The van der Waals surface area contributed by atoms with Crippen LogP contribution in [-0.2, 0) is 0 Å². The number of carbonyl (C=O) groups is 1. The van der Waals surface area contributed by atoms with Crippen LogP contribution in [0.3, 0.4) is 0 Å². The average Bonchev–Trinajstić information content (AvgIpc) is 2.39. The molecule has 2 N–H and O–H groups in total. The molecule has 1 amide bonds. The van der Waals surface area contributed by atoms with Gasteiger partial charge in [0, 0.05) is 38.0 Å². The summed E-state index contributed by atoms with van der Waals surface area (Å²) in [6, 6.07) is 1.65. The predicted molar refractivity (Wildman–Crippen MR) is 66.9 cm³/mol. The highest BCUT2D eigenvalue weighted by molar-refractivity contribution is 5.94. The molecule has 0 aliphatic carbocycles. The SMILES string of the molecule is CN(CCO)C(=O)c1cncc(C#CCCO)c1. The Hall–Kier alpha value is -1.90. The van der Waals surface area contributed by atoms with Crippen LogP contribution in [0.2, 0.25) is 0 Å². The Morgan fingerprint density at radius 3 is 2.83 bits per heavy atom. The van der Waals surface area contributed by atoms with Crippen LogP contribution in [0.25, 0.3) is 0 Å². The summed E-state index contributed by atoms with van der Waals surface area (Å²) in [5, 5.41) is 17.4. The molecule has 1 heterocycles. The van der Waals surface area contributed by atoms with E-state index in [1.807, 2.05) is 0 Å². The fourth-order valence-electron chi connectivity index (χ4n) is 1.32. The molecule has 1 rings (SSSR count). The Bertz CT molecular complexity index is 463. The van der Waals surface area contributed by atoms with Gasteiger partial charge in [-0.15, -0.1) is 0 Å². The molecule has 0 radical (unpaired) electrons. The van der Waals surface area contributed by atoms with Crippen LogP contribution in [0.5, 0.6) is 0 Å². The molecule has 0 bridgehead atoms. The lowest BCUT2D eigenvalue weighted by Crippen LogP contribution is -2.29. The van der Waals surface area contributed by atoms with Gasteiger partial charge in [0.15, 0.2) is 0 Å². The van der Waals surface area contributed by atoms with Gasteiger partial charge in [-0.2, -0.15) is 0 Å². The van der Waals surface area contributed by atoms with Gasteiger partial charge >= 0.3 is 0 Å². The second-order valence-corrected chi connectivity index (χ2v) is 3.69. The van der Waals surface area contributed by atoms with Crippen LogP contribution in [0.1, 0.15) is 22.3 Å². The molecule has 0 unspecified atom stereocenters. The summed E-state index contributed by atoms with van der Waals surface area (Å²) in [6.45, 7) is 0.212. The lowest BCUT2D eigenvalue weighted by molar-refractivity contribution is 0.0766. The van der Waals surface area contributed by atoms with Crippen molar-refractivity contribution in [1.29, 1.82) is 0 Å². The third-order valence-corrected chi connectivity index (χ3v) is 2.24. The molecule has 18 heavy (non-hydrogen) atoms. The van der Waals surface area contributed by atoms with Crippen molar-refractivity contribution in [3.8, 4) is 11.8 Å². The first kappa shape index (κ1) is 14.2. The van der Waals surface area contributed by atoms with Crippen molar-refractivity contribution >= 4 is 5.91 Å². The maximum absolute atomic E-state index is 11.9. The van der Waals surface area contributed by atoms with Gasteiger partial charge in [0.1, 0.15) is 0 Å². The zero-order valence-corrected chi connectivity index (χ0v) is 10.3. The zero-order chi connectivity index (χ0) is 13.4. The molecule has 96 valence electrons. The number of nitrogens with zero attached hydrogens (tertiary/aromatic N) is 2. The summed E-state index contributed by atoms with van der Waals surface area (Å²) in [4.78, 5) is 17.3. The normalized spacial score (nSPS) is 9.50. The third-order valence-electron chi connectivity index (χ3n) is 2.24. The van der Waals surface area contributed by atoms with E-state index in [-0.39, 0.29) is 25.7 Å². The van der Waals surface area contributed by atoms with Crippen LogP contribution < -0.4 is 0 Å². The summed E-state index contributed by atoms with van der Waals surface area (Å²) >= 11 is 0. The molecular weight excluding hydrogens is 232 g/mol. The van der Waals surface area contributed by atoms with Crippen molar-refractivity contribution in [2.75, 3.05) is 26.8 Å². The van der Waals surface area contributed by atoms with E-state index in [0.717, 1.165) is 0 Å². The molecule has 0 fully saturated rings. The molecular formula is C13H16N2O3. The molecule has 1 aromatic rings. The number of hydrogen-bond acceptors (Lipinski definition) is 4. The van der Waals surface area contributed by atoms with E-state index in [4.69, 9.17) is 10.2 Å². The van der Waals surface area contributed by atoms with Gasteiger partial charge in [0.05, 0.1) is 18.8 Å². The van der Waals surface area contributed by atoms with E-state index in [9.17, 15) is 4.79 Å². The van der Waals surface area contributed by atoms with E-state index in [0.29, 0.717) is 17.5 Å². The molecule has 0 aliphatic heterocycles. The van der Waals surface area contributed by atoms with Gasteiger partial charge in [-0.3, -0.25) is 9.78 Å². The minimum Gasteiger partial charge on any atom is -0.395 e. The second kappa shape index (κ2) is 7.43.